The molecule has 0 spiro atoms. The molecule has 118 valence electrons. The highest BCUT2D eigenvalue weighted by Crippen LogP contribution is 2.21. The molecule has 0 saturated carbocycles. The van der Waals surface area contributed by atoms with E-state index in [2.05, 4.69) is 15.3 Å². The molecule has 5 heteroatoms. The van der Waals surface area contributed by atoms with Crippen molar-refractivity contribution in [1.29, 1.82) is 0 Å². The summed E-state index contributed by atoms with van der Waals surface area (Å²) in [5, 5.41) is 3.44. The first-order valence-electron chi connectivity index (χ1n) is 7.31. The van der Waals surface area contributed by atoms with E-state index < -0.39 is 0 Å². The number of carbonyl (C=O) groups is 1. The number of benzene rings is 2. The van der Waals surface area contributed by atoms with Gasteiger partial charge in [-0.3, -0.25) is 4.79 Å². The van der Waals surface area contributed by atoms with Crippen molar-refractivity contribution in [2.45, 2.75) is 0 Å². The fraction of sp³-hybridized carbons (Fsp3) is 0. The van der Waals surface area contributed by atoms with Gasteiger partial charge in [0, 0.05) is 34.7 Å². The lowest BCUT2D eigenvalue weighted by Gasteiger charge is -2.05. The SMILES string of the molecule is O=C(C=Cc1ccccc1Cl)Nc1cccc(-c2cncnc2)c1. The zero-order chi connectivity index (χ0) is 16.8. The molecular weight excluding hydrogens is 322 g/mol. The van der Waals surface area contributed by atoms with Crippen LogP contribution in [-0.2, 0) is 4.79 Å². The molecule has 0 aliphatic carbocycles. The molecule has 0 bridgehead atoms. The second kappa shape index (κ2) is 7.53. The van der Waals surface area contributed by atoms with E-state index in [9.17, 15) is 4.79 Å². The summed E-state index contributed by atoms with van der Waals surface area (Å²) in [5.74, 6) is -0.226. The monoisotopic (exact) mass is 335 g/mol. The van der Waals surface area contributed by atoms with Crippen LogP contribution in [-0.4, -0.2) is 15.9 Å². The maximum Gasteiger partial charge on any atom is 0.248 e. The Kier molecular flexibility index (Phi) is 4.99. The van der Waals surface area contributed by atoms with E-state index in [-0.39, 0.29) is 5.91 Å². The average molecular weight is 336 g/mol. The van der Waals surface area contributed by atoms with Gasteiger partial charge in [0.05, 0.1) is 0 Å². The van der Waals surface area contributed by atoms with E-state index in [1.807, 2.05) is 42.5 Å². The maximum atomic E-state index is 12.1. The number of halogens is 1. The lowest BCUT2D eigenvalue weighted by atomic mass is 10.1. The molecule has 3 aromatic rings. The van der Waals surface area contributed by atoms with Crippen LogP contribution in [0.2, 0.25) is 5.02 Å². The Morgan fingerprint density at radius 2 is 1.79 bits per heavy atom. The summed E-state index contributed by atoms with van der Waals surface area (Å²) in [6, 6.07) is 14.9. The van der Waals surface area contributed by atoms with Crippen LogP contribution in [0, 0.1) is 0 Å². The van der Waals surface area contributed by atoms with Crippen LogP contribution in [0.4, 0.5) is 5.69 Å². The van der Waals surface area contributed by atoms with Gasteiger partial charge in [0.2, 0.25) is 5.91 Å². The molecule has 0 saturated heterocycles. The number of carbonyl (C=O) groups excluding carboxylic acids is 1. The van der Waals surface area contributed by atoms with Crippen molar-refractivity contribution in [1.82, 2.24) is 9.97 Å². The first kappa shape index (κ1) is 15.9. The largest absolute Gasteiger partial charge is 0.322 e. The molecule has 0 radical (unpaired) electrons. The van der Waals surface area contributed by atoms with Gasteiger partial charge >= 0.3 is 0 Å². The highest BCUT2D eigenvalue weighted by atomic mass is 35.5. The second-order valence-corrected chi connectivity index (χ2v) is 5.46. The third-order valence-electron chi connectivity index (χ3n) is 3.34. The van der Waals surface area contributed by atoms with Gasteiger partial charge in [-0.2, -0.15) is 0 Å². The molecule has 1 amide bonds. The van der Waals surface area contributed by atoms with Crippen molar-refractivity contribution >= 4 is 29.3 Å². The van der Waals surface area contributed by atoms with E-state index in [0.717, 1.165) is 16.7 Å². The fourth-order valence-corrected chi connectivity index (χ4v) is 2.38. The summed E-state index contributed by atoms with van der Waals surface area (Å²) in [4.78, 5) is 20.1. The van der Waals surface area contributed by atoms with E-state index in [0.29, 0.717) is 10.7 Å². The van der Waals surface area contributed by atoms with Crippen molar-refractivity contribution in [2.75, 3.05) is 5.32 Å². The van der Waals surface area contributed by atoms with Crippen molar-refractivity contribution in [3.8, 4) is 11.1 Å². The summed E-state index contributed by atoms with van der Waals surface area (Å²) in [7, 11) is 0. The van der Waals surface area contributed by atoms with Gasteiger partial charge in [-0.15, -0.1) is 0 Å². The average Bonchev–Trinajstić information content (AvgIpc) is 2.62. The summed E-state index contributed by atoms with van der Waals surface area (Å²) >= 11 is 6.06. The highest BCUT2D eigenvalue weighted by Gasteiger charge is 2.02. The summed E-state index contributed by atoms with van der Waals surface area (Å²) in [5.41, 5.74) is 3.32. The number of amides is 1. The lowest BCUT2D eigenvalue weighted by molar-refractivity contribution is -0.111. The molecule has 0 aliphatic heterocycles. The molecule has 1 N–H and O–H groups in total. The van der Waals surface area contributed by atoms with Crippen molar-refractivity contribution in [2.24, 2.45) is 0 Å². The smallest absolute Gasteiger partial charge is 0.248 e. The zero-order valence-electron chi connectivity index (χ0n) is 12.7. The van der Waals surface area contributed by atoms with Crippen LogP contribution in [0.5, 0.6) is 0 Å². The van der Waals surface area contributed by atoms with Crippen LogP contribution < -0.4 is 5.32 Å². The Balaban J connectivity index is 1.72. The Morgan fingerprint density at radius 1 is 1.00 bits per heavy atom. The first-order valence-corrected chi connectivity index (χ1v) is 7.69. The number of hydrogen-bond donors (Lipinski definition) is 1. The molecule has 1 heterocycles. The minimum absolute atomic E-state index is 0.226. The Hall–Kier alpha value is -2.98. The van der Waals surface area contributed by atoms with Gasteiger partial charge in [-0.1, -0.05) is 41.9 Å². The van der Waals surface area contributed by atoms with Crippen molar-refractivity contribution in [3.05, 3.63) is 83.9 Å². The standard InChI is InChI=1S/C19H14ClN3O/c20-18-7-2-1-4-14(18)8-9-19(24)23-17-6-3-5-15(10-17)16-11-21-13-22-12-16/h1-13H,(H,23,24). The summed E-state index contributed by atoms with van der Waals surface area (Å²) < 4.78 is 0. The van der Waals surface area contributed by atoms with Gasteiger partial charge in [0.25, 0.3) is 0 Å². The predicted molar refractivity (Wildman–Crippen MR) is 96.6 cm³/mol. The number of nitrogens with one attached hydrogen (secondary N) is 1. The predicted octanol–water partition coefficient (Wildman–Crippen LogP) is 4.45. The van der Waals surface area contributed by atoms with Gasteiger partial charge in [-0.25, -0.2) is 9.97 Å². The molecule has 4 nitrogen and oxygen atoms in total. The van der Waals surface area contributed by atoms with Crippen molar-refractivity contribution < 1.29 is 4.79 Å². The lowest BCUT2D eigenvalue weighted by Crippen LogP contribution is -2.07. The van der Waals surface area contributed by atoms with Gasteiger partial charge in [-0.05, 0) is 35.4 Å². The molecule has 0 atom stereocenters. The molecule has 3 rings (SSSR count). The number of hydrogen-bond acceptors (Lipinski definition) is 3. The van der Waals surface area contributed by atoms with E-state index >= 15 is 0 Å². The minimum Gasteiger partial charge on any atom is -0.322 e. The molecule has 1 aromatic heterocycles. The topological polar surface area (TPSA) is 54.9 Å². The molecule has 0 aliphatic rings. The number of nitrogens with zero attached hydrogens (tertiary/aromatic N) is 2. The number of rotatable bonds is 4. The third kappa shape index (κ3) is 4.06. The van der Waals surface area contributed by atoms with Crippen LogP contribution in [0.3, 0.4) is 0 Å². The summed E-state index contributed by atoms with van der Waals surface area (Å²) in [6.45, 7) is 0. The normalized spacial score (nSPS) is 10.7. The fourth-order valence-electron chi connectivity index (χ4n) is 2.18. The van der Waals surface area contributed by atoms with Crippen LogP contribution in [0.1, 0.15) is 5.56 Å². The van der Waals surface area contributed by atoms with Gasteiger partial charge in [0.1, 0.15) is 6.33 Å². The van der Waals surface area contributed by atoms with Gasteiger partial charge in [0.15, 0.2) is 0 Å². The van der Waals surface area contributed by atoms with Crippen LogP contribution >= 0.6 is 11.6 Å². The summed E-state index contributed by atoms with van der Waals surface area (Å²) in [6.07, 6.45) is 8.08. The molecule has 0 unspecified atom stereocenters. The Morgan fingerprint density at radius 3 is 2.58 bits per heavy atom. The Bertz CT molecular complexity index is 879. The third-order valence-corrected chi connectivity index (χ3v) is 3.69. The van der Waals surface area contributed by atoms with Crippen molar-refractivity contribution in [3.63, 3.8) is 0 Å². The minimum atomic E-state index is -0.226. The van der Waals surface area contributed by atoms with E-state index in [4.69, 9.17) is 11.6 Å². The van der Waals surface area contributed by atoms with Crippen LogP contribution in [0.15, 0.2) is 73.3 Å². The maximum absolute atomic E-state index is 12.1. The molecule has 0 fully saturated rings. The first-order chi connectivity index (χ1) is 11.7. The number of aromatic nitrogens is 2. The van der Waals surface area contributed by atoms with E-state index in [1.165, 1.54) is 12.4 Å². The van der Waals surface area contributed by atoms with E-state index in [1.54, 1.807) is 24.5 Å². The highest BCUT2D eigenvalue weighted by molar-refractivity contribution is 6.32. The zero-order valence-corrected chi connectivity index (χ0v) is 13.4. The molecule has 2 aromatic carbocycles. The second-order valence-electron chi connectivity index (χ2n) is 5.05. The van der Waals surface area contributed by atoms with Crippen LogP contribution in [0.25, 0.3) is 17.2 Å². The number of anilines is 1. The Labute approximate surface area is 144 Å². The molecular formula is C19H14ClN3O. The molecule has 24 heavy (non-hydrogen) atoms. The quantitative estimate of drug-likeness (QED) is 0.717. The van der Waals surface area contributed by atoms with Gasteiger partial charge < -0.3 is 5.32 Å².